The van der Waals surface area contributed by atoms with Crippen molar-refractivity contribution in [3.05, 3.63) is 21.4 Å². The number of hydrogen-bond donors (Lipinski definition) is 0. The minimum atomic E-state index is -0.294. The van der Waals surface area contributed by atoms with Crippen molar-refractivity contribution >= 4 is 23.2 Å². The summed E-state index contributed by atoms with van der Waals surface area (Å²) >= 11 is 1.69. The molecule has 0 unspecified atom stereocenters. The summed E-state index contributed by atoms with van der Waals surface area (Å²) in [5.41, 5.74) is 0.937. The van der Waals surface area contributed by atoms with Crippen LogP contribution in [0.4, 0.5) is 0 Å². The molecular weight excluding hydrogens is 360 g/mol. The van der Waals surface area contributed by atoms with E-state index < -0.39 is 0 Å². The molecule has 0 aromatic carbocycles. The summed E-state index contributed by atoms with van der Waals surface area (Å²) in [6, 6.07) is 2.60. The van der Waals surface area contributed by atoms with Gasteiger partial charge in [0.1, 0.15) is 0 Å². The molecule has 2 saturated heterocycles. The van der Waals surface area contributed by atoms with E-state index in [2.05, 4.69) is 11.0 Å². The third kappa shape index (κ3) is 2.83. The highest BCUT2D eigenvalue weighted by Gasteiger charge is 2.45. The Bertz CT molecular complexity index is 765. The highest BCUT2D eigenvalue weighted by molar-refractivity contribution is 7.14. The highest BCUT2D eigenvalue weighted by Crippen LogP contribution is 2.46. The normalized spacial score (nSPS) is 28.6. The Hall–Kier alpha value is -1.40. The van der Waals surface area contributed by atoms with Crippen molar-refractivity contribution in [2.45, 2.75) is 63.5 Å². The summed E-state index contributed by atoms with van der Waals surface area (Å²) in [6.45, 7) is 5.09. The van der Waals surface area contributed by atoms with Crippen LogP contribution in [0.25, 0.3) is 0 Å². The number of ether oxygens (including phenoxy) is 1. The van der Waals surface area contributed by atoms with Crippen LogP contribution in [0.3, 0.4) is 0 Å². The molecule has 2 bridgehead atoms. The summed E-state index contributed by atoms with van der Waals surface area (Å²) in [7, 11) is 0. The van der Waals surface area contributed by atoms with Gasteiger partial charge in [0.05, 0.1) is 17.1 Å². The van der Waals surface area contributed by atoms with E-state index in [1.165, 1.54) is 29.7 Å². The van der Waals surface area contributed by atoms with E-state index in [9.17, 15) is 9.59 Å². The second kappa shape index (κ2) is 6.59. The van der Waals surface area contributed by atoms with Gasteiger partial charge in [-0.3, -0.25) is 9.59 Å². The first-order chi connectivity index (χ1) is 13.1. The van der Waals surface area contributed by atoms with Gasteiger partial charge >= 0.3 is 0 Å². The van der Waals surface area contributed by atoms with Gasteiger partial charge in [-0.2, -0.15) is 0 Å². The van der Waals surface area contributed by atoms with Gasteiger partial charge in [-0.15, -0.1) is 11.3 Å². The van der Waals surface area contributed by atoms with Crippen molar-refractivity contribution in [1.82, 2.24) is 9.80 Å². The molecule has 3 aliphatic heterocycles. The maximum atomic E-state index is 13.1. The molecule has 5 nitrogen and oxygen atoms in total. The minimum absolute atomic E-state index is 0.228. The predicted molar refractivity (Wildman–Crippen MR) is 104 cm³/mol. The lowest BCUT2D eigenvalue weighted by Gasteiger charge is -2.44. The Balaban J connectivity index is 1.38. The van der Waals surface area contributed by atoms with Crippen LogP contribution >= 0.6 is 11.3 Å². The van der Waals surface area contributed by atoms with E-state index in [1.807, 2.05) is 11.8 Å². The average molecular weight is 389 g/mol. The zero-order valence-electron chi connectivity index (χ0n) is 16.0. The van der Waals surface area contributed by atoms with Gasteiger partial charge in [0.15, 0.2) is 0 Å². The number of likely N-dealkylation sites (tertiary alicyclic amines) is 2. The number of nitrogens with zero attached hydrogens (tertiary/aromatic N) is 2. The second-order valence-corrected chi connectivity index (χ2v) is 9.70. The molecule has 1 spiro atoms. The average Bonchev–Trinajstić information content (AvgIpc) is 3.43. The van der Waals surface area contributed by atoms with E-state index in [-0.39, 0.29) is 17.4 Å². The third-order valence-corrected chi connectivity index (χ3v) is 8.30. The maximum absolute atomic E-state index is 13.1. The van der Waals surface area contributed by atoms with Crippen LogP contribution in [0, 0.1) is 5.92 Å². The number of piperidine rings is 2. The van der Waals surface area contributed by atoms with Crippen molar-refractivity contribution in [1.29, 1.82) is 0 Å². The molecular formula is C21H28N2O3S. The van der Waals surface area contributed by atoms with Crippen LogP contribution in [0.1, 0.15) is 65.6 Å². The molecule has 0 radical (unpaired) electrons. The monoisotopic (exact) mass is 388 g/mol. The number of amides is 2. The molecule has 1 aromatic heterocycles. The van der Waals surface area contributed by atoms with Gasteiger partial charge in [-0.05, 0) is 49.7 Å². The van der Waals surface area contributed by atoms with Gasteiger partial charge in [0, 0.05) is 43.4 Å². The molecule has 1 saturated carbocycles. The predicted octanol–water partition coefficient (Wildman–Crippen LogP) is 3.17. The zero-order chi connectivity index (χ0) is 18.6. The van der Waals surface area contributed by atoms with Crippen molar-refractivity contribution in [3.63, 3.8) is 0 Å². The molecule has 2 amide bonds. The SMILES string of the molecule is CCC(=O)N1CCC2(CC1)OCCc1sc(C(=O)N3C[C@H]4CC[C@H]3C4)cc12. The standard InChI is InChI=1S/C21H28N2O3S/c1-2-19(24)22-8-6-21(7-9-22)16-12-18(27-17(16)5-10-26-21)20(25)23-13-14-3-4-15(23)11-14/h12,14-15H,2-11,13H2,1H3/t14-,15-/m0/s1. The Labute approximate surface area is 164 Å². The van der Waals surface area contributed by atoms with Gasteiger partial charge < -0.3 is 14.5 Å². The molecule has 0 N–H and O–H groups in total. The summed E-state index contributed by atoms with van der Waals surface area (Å²) in [5, 5.41) is 0. The molecule has 6 heteroatoms. The topological polar surface area (TPSA) is 49.9 Å². The molecule has 27 heavy (non-hydrogen) atoms. The fourth-order valence-corrected chi connectivity index (χ4v) is 6.78. The van der Waals surface area contributed by atoms with E-state index in [0.29, 0.717) is 12.5 Å². The molecule has 146 valence electrons. The van der Waals surface area contributed by atoms with Crippen LogP contribution in [0.5, 0.6) is 0 Å². The largest absolute Gasteiger partial charge is 0.370 e. The van der Waals surface area contributed by atoms with E-state index in [4.69, 9.17) is 4.74 Å². The van der Waals surface area contributed by atoms with E-state index >= 15 is 0 Å². The van der Waals surface area contributed by atoms with Crippen LogP contribution in [0.15, 0.2) is 6.07 Å². The van der Waals surface area contributed by atoms with Crippen molar-refractivity contribution in [2.75, 3.05) is 26.2 Å². The Morgan fingerprint density at radius 2 is 2.11 bits per heavy atom. The summed E-state index contributed by atoms with van der Waals surface area (Å²) < 4.78 is 6.31. The minimum Gasteiger partial charge on any atom is -0.370 e. The Morgan fingerprint density at radius 3 is 2.78 bits per heavy atom. The summed E-state index contributed by atoms with van der Waals surface area (Å²) in [4.78, 5) is 31.5. The molecule has 3 fully saturated rings. The third-order valence-electron chi connectivity index (χ3n) is 7.11. The number of fused-ring (bicyclic) bond motifs is 4. The molecule has 4 aliphatic rings. The number of carbonyl (C=O) groups is 2. The lowest BCUT2D eigenvalue weighted by molar-refractivity contribution is -0.140. The number of carbonyl (C=O) groups excluding carboxylic acids is 2. The Kier molecular flexibility index (Phi) is 4.32. The van der Waals surface area contributed by atoms with Crippen LogP contribution in [-0.2, 0) is 21.6 Å². The highest BCUT2D eigenvalue weighted by atomic mass is 32.1. The van der Waals surface area contributed by atoms with E-state index in [1.54, 1.807) is 11.3 Å². The molecule has 2 atom stereocenters. The van der Waals surface area contributed by atoms with Crippen LogP contribution < -0.4 is 0 Å². The van der Waals surface area contributed by atoms with Crippen molar-refractivity contribution in [2.24, 2.45) is 5.92 Å². The van der Waals surface area contributed by atoms with Gasteiger partial charge in [0.25, 0.3) is 5.91 Å². The molecule has 4 heterocycles. The first-order valence-electron chi connectivity index (χ1n) is 10.5. The number of hydrogen-bond acceptors (Lipinski definition) is 4. The first-order valence-corrected chi connectivity index (χ1v) is 11.3. The van der Waals surface area contributed by atoms with Gasteiger partial charge in [-0.25, -0.2) is 0 Å². The molecule has 5 rings (SSSR count). The lowest BCUT2D eigenvalue weighted by Crippen LogP contribution is -2.47. The van der Waals surface area contributed by atoms with Crippen LogP contribution in [0.2, 0.25) is 0 Å². The lowest BCUT2D eigenvalue weighted by atomic mass is 9.82. The summed E-state index contributed by atoms with van der Waals surface area (Å²) in [5.74, 6) is 1.19. The molecule has 1 aliphatic carbocycles. The van der Waals surface area contributed by atoms with Crippen molar-refractivity contribution < 1.29 is 14.3 Å². The van der Waals surface area contributed by atoms with Gasteiger partial charge in [0.2, 0.25) is 5.91 Å². The fraction of sp³-hybridized carbons (Fsp3) is 0.714. The smallest absolute Gasteiger partial charge is 0.264 e. The van der Waals surface area contributed by atoms with Crippen molar-refractivity contribution in [3.8, 4) is 0 Å². The fourth-order valence-electron chi connectivity index (χ4n) is 5.59. The molecule has 1 aromatic rings. The van der Waals surface area contributed by atoms with E-state index in [0.717, 1.165) is 56.3 Å². The summed E-state index contributed by atoms with van der Waals surface area (Å²) in [6.07, 6.45) is 6.81. The first kappa shape index (κ1) is 17.7. The maximum Gasteiger partial charge on any atom is 0.264 e. The van der Waals surface area contributed by atoms with Gasteiger partial charge in [-0.1, -0.05) is 6.92 Å². The second-order valence-electron chi connectivity index (χ2n) is 8.57. The zero-order valence-corrected chi connectivity index (χ0v) is 16.9. The number of rotatable bonds is 2. The Morgan fingerprint density at radius 1 is 1.30 bits per heavy atom. The van der Waals surface area contributed by atoms with Crippen LogP contribution in [-0.4, -0.2) is 53.9 Å². The quantitative estimate of drug-likeness (QED) is 0.782. The number of thiophene rings is 1.